The van der Waals surface area contributed by atoms with Gasteiger partial charge >= 0.3 is 0 Å². The van der Waals surface area contributed by atoms with E-state index in [0.29, 0.717) is 5.92 Å². The maximum atomic E-state index is 5.35. The predicted molar refractivity (Wildman–Crippen MR) is 50.4 cm³/mol. The minimum atomic E-state index is -0.0325. The van der Waals surface area contributed by atoms with Crippen LogP contribution in [0.15, 0.2) is 12.4 Å². The van der Waals surface area contributed by atoms with E-state index in [9.17, 15) is 0 Å². The van der Waals surface area contributed by atoms with Gasteiger partial charge in [0.05, 0.1) is 12.8 Å². The van der Waals surface area contributed by atoms with Gasteiger partial charge in [-0.3, -0.25) is 4.68 Å². The third kappa shape index (κ3) is 1.75. The number of hydrogen-bond donors (Lipinski definition) is 0. The Labute approximate surface area is 78.7 Å². The zero-order chi connectivity index (χ0) is 9.47. The van der Waals surface area contributed by atoms with Crippen LogP contribution in [0.1, 0.15) is 26.3 Å². The molecule has 0 aliphatic carbocycles. The maximum Gasteiger partial charge on any atom is 0.117 e. The molecule has 0 bridgehead atoms. The summed E-state index contributed by atoms with van der Waals surface area (Å²) in [6.45, 7) is 8.30. The molecule has 1 saturated heterocycles. The van der Waals surface area contributed by atoms with E-state index in [4.69, 9.17) is 4.74 Å². The zero-order valence-corrected chi connectivity index (χ0v) is 8.45. The number of nitrogens with zero attached hydrogens (tertiary/aromatic N) is 2. The second-order valence-corrected chi connectivity index (χ2v) is 4.36. The molecule has 2 rings (SSSR count). The standard InChI is InChI=1S/C10H16N2O/c1-8(2)5-12-6-9(4-11-12)10(3)7-13-10/h4,6,8H,5,7H2,1-3H3. The van der Waals surface area contributed by atoms with Gasteiger partial charge in [0, 0.05) is 18.3 Å². The molecule has 1 aliphatic heterocycles. The smallest absolute Gasteiger partial charge is 0.117 e. The average molecular weight is 180 g/mol. The highest BCUT2D eigenvalue weighted by Crippen LogP contribution is 2.37. The van der Waals surface area contributed by atoms with Crippen LogP contribution in [-0.4, -0.2) is 16.4 Å². The fourth-order valence-corrected chi connectivity index (χ4v) is 1.39. The van der Waals surface area contributed by atoms with Gasteiger partial charge in [-0.25, -0.2) is 0 Å². The van der Waals surface area contributed by atoms with E-state index >= 15 is 0 Å². The lowest BCUT2D eigenvalue weighted by atomic mass is 10.1. The predicted octanol–water partition coefficient (Wildman–Crippen LogP) is 1.78. The van der Waals surface area contributed by atoms with E-state index in [1.807, 2.05) is 10.9 Å². The molecule has 1 fully saturated rings. The molecule has 0 saturated carbocycles. The third-order valence-electron chi connectivity index (χ3n) is 2.37. The first-order valence-electron chi connectivity index (χ1n) is 4.77. The molecule has 0 N–H and O–H groups in total. The van der Waals surface area contributed by atoms with Crippen LogP contribution in [0.2, 0.25) is 0 Å². The fraction of sp³-hybridized carbons (Fsp3) is 0.700. The van der Waals surface area contributed by atoms with E-state index in [2.05, 4.69) is 32.1 Å². The van der Waals surface area contributed by atoms with E-state index < -0.39 is 0 Å². The van der Waals surface area contributed by atoms with Crippen molar-refractivity contribution in [3.63, 3.8) is 0 Å². The van der Waals surface area contributed by atoms with Gasteiger partial charge in [-0.15, -0.1) is 0 Å². The Kier molecular flexibility index (Phi) is 1.91. The van der Waals surface area contributed by atoms with Gasteiger partial charge in [0.15, 0.2) is 0 Å². The van der Waals surface area contributed by atoms with Crippen LogP contribution >= 0.6 is 0 Å². The molecule has 2 heterocycles. The van der Waals surface area contributed by atoms with E-state index in [0.717, 1.165) is 13.2 Å². The lowest BCUT2D eigenvalue weighted by Gasteiger charge is -2.04. The van der Waals surface area contributed by atoms with Crippen molar-refractivity contribution in [2.45, 2.75) is 32.9 Å². The van der Waals surface area contributed by atoms with Crippen molar-refractivity contribution >= 4 is 0 Å². The van der Waals surface area contributed by atoms with Crippen molar-refractivity contribution in [2.75, 3.05) is 6.61 Å². The third-order valence-corrected chi connectivity index (χ3v) is 2.37. The van der Waals surface area contributed by atoms with Crippen LogP contribution < -0.4 is 0 Å². The molecule has 1 aliphatic rings. The summed E-state index contributed by atoms with van der Waals surface area (Å²) < 4.78 is 7.34. The Morgan fingerprint density at radius 3 is 2.92 bits per heavy atom. The topological polar surface area (TPSA) is 30.4 Å². The number of epoxide rings is 1. The Balaban J connectivity index is 2.09. The van der Waals surface area contributed by atoms with Crippen LogP contribution in [-0.2, 0) is 16.9 Å². The second kappa shape index (κ2) is 2.84. The van der Waals surface area contributed by atoms with Crippen molar-refractivity contribution in [3.8, 4) is 0 Å². The van der Waals surface area contributed by atoms with E-state index in [-0.39, 0.29) is 5.60 Å². The van der Waals surface area contributed by atoms with Crippen molar-refractivity contribution in [3.05, 3.63) is 18.0 Å². The normalized spacial score (nSPS) is 26.8. The van der Waals surface area contributed by atoms with Gasteiger partial charge < -0.3 is 4.74 Å². The lowest BCUT2D eigenvalue weighted by Crippen LogP contribution is -2.05. The van der Waals surface area contributed by atoms with Crippen molar-refractivity contribution in [2.24, 2.45) is 5.92 Å². The summed E-state index contributed by atoms with van der Waals surface area (Å²) in [7, 11) is 0. The average Bonchev–Trinajstić information content (AvgIpc) is 2.62. The van der Waals surface area contributed by atoms with Crippen LogP contribution in [0.4, 0.5) is 0 Å². The number of ether oxygens (including phenoxy) is 1. The minimum Gasteiger partial charge on any atom is -0.365 e. The Morgan fingerprint density at radius 2 is 2.38 bits per heavy atom. The highest BCUT2D eigenvalue weighted by Gasteiger charge is 2.42. The molecule has 1 atom stereocenters. The molecular formula is C10H16N2O. The Hall–Kier alpha value is -0.830. The summed E-state index contributed by atoms with van der Waals surface area (Å²) in [5, 5.41) is 4.30. The Bertz CT molecular complexity index is 300. The van der Waals surface area contributed by atoms with Gasteiger partial charge in [-0.2, -0.15) is 5.10 Å². The largest absolute Gasteiger partial charge is 0.365 e. The quantitative estimate of drug-likeness (QED) is 0.664. The van der Waals surface area contributed by atoms with Crippen LogP contribution in [0.3, 0.4) is 0 Å². The number of rotatable bonds is 3. The van der Waals surface area contributed by atoms with Gasteiger partial charge in [0.2, 0.25) is 0 Å². The van der Waals surface area contributed by atoms with Gasteiger partial charge in [0.1, 0.15) is 5.60 Å². The summed E-state index contributed by atoms with van der Waals surface area (Å²) in [6, 6.07) is 0. The summed E-state index contributed by atoms with van der Waals surface area (Å²) in [5.74, 6) is 0.640. The summed E-state index contributed by atoms with van der Waals surface area (Å²) in [4.78, 5) is 0. The van der Waals surface area contributed by atoms with Crippen LogP contribution in [0.5, 0.6) is 0 Å². The molecule has 0 spiro atoms. The molecule has 13 heavy (non-hydrogen) atoms. The highest BCUT2D eigenvalue weighted by molar-refractivity contribution is 5.19. The number of hydrogen-bond acceptors (Lipinski definition) is 2. The molecule has 0 aromatic carbocycles. The van der Waals surface area contributed by atoms with Crippen molar-refractivity contribution in [1.29, 1.82) is 0 Å². The molecule has 3 heteroatoms. The van der Waals surface area contributed by atoms with Gasteiger partial charge in [-0.05, 0) is 12.8 Å². The van der Waals surface area contributed by atoms with Crippen LogP contribution in [0, 0.1) is 5.92 Å². The lowest BCUT2D eigenvalue weighted by molar-refractivity contribution is 0.329. The Morgan fingerprint density at radius 1 is 1.69 bits per heavy atom. The SMILES string of the molecule is CC(C)Cn1cc(C2(C)CO2)cn1. The first kappa shape index (κ1) is 8.75. The monoisotopic (exact) mass is 180 g/mol. The first-order chi connectivity index (χ1) is 6.10. The molecule has 3 nitrogen and oxygen atoms in total. The minimum absolute atomic E-state index is 0.0325. The maximum absolute atomic E-state index is 5.35. The van der Waals surface area contributed by atoms with Crippen molar-refractivity contribution < 1.29 is 4.74 Å². The molecule has 1 unspecified atom stereocenters. The van der Waals surface area contributed by atoms with Gasteiger partial charge in [0.25, 0.3) is 0 Å². The molecule has 72 valence electrons. The molecule has 0 amide bonds. The molecular weight excluding hydrogens is 164 g/mol. The number of aromatic nitrogens is 2. The summed E-state index contributed by atoms with van der Waals surface area (Å²) in [6.07, 6.45) is 4.00. The van der Waals surface area contributed by atoms with E-state index in [1.54, 1.807) is 0 Å². The molecule has 1 aromatic rings. The zero-order valence-electron chi connectivity index (χ0n) is 8.45. The van der Waals surface area contributed by atoms with Crippen molar-refractivity contribution in [1.82, 2.24) is 9.78 Å². The highest BCUT2D eigenvalue weighted by atomic mass is 16.6. The summed E-state index contributed by atoms with van der Waals surface area (Å²) >= 11 is 0. The van der Waals surface area contributed by atoms with E-state index in [1.165, 1.54) is 5.56 Å². The second-order valence-electron chi connectivity index (χ2n) is 4.36. The molecule has 0 radical (unpaired) electrons. The van der Waals surface area contributed by atoms with Gasteiger partial charge in [-0.1, -0.05) is 13.8 Å². The first-order valence-corrected chi connectivity index (χ1v) is 4.77. The fourth-order valence-electron chi connectivity index (χ4n) is 1.39. The van der Waals surface area contributed by atoms with Crippen LogP contribution in [0.25, 0.3) is 0 Å². The molecule has 1 aromatic heterocycles. The summed E-state index contributed by atoms with van der Waals surface area (Å²) in [5.41, 5.74) is 1.17.